The van der Waals surface area contributed by atoms with E-state index in [4.69, 9.17) is 11.6 Å². The predicted octanol–water partition coefficient (Wildman–Crippen LogP) is 4.94. The molecule has 0 aliphatic carbocycles. The molecule has 0 unspecified atom stereocenters. The van der Waals surface area contributed by atoms with Gasteiger partial charge < -0.3 is 5.32 Å². The molecule has 0 saturated carbocycles. The van der Waals surface area contributed by atoms with Gasteiger partial charge in [0.25, 0.3) is 10.0 Å². The van der Waals surface area contributed by atoms with E-state index >= 15 is 0 Å². The van der Waals surface area contributed by atoms with Crippen LogP contribution in [0.4, 0.5) is 11.4 Å². The Balaban J connectivity index is 1.92. The summed E-state index contributed by atoms with van der Waals surface area (Å²) in [6, 6.07) is 21.3. The van der Waals surface area contributed by atoms with Gasteiger partial charge in [-0.05, 0) is 54.6 Å². The molecule has 1 N–H and O–H groups in total. The van der Waals surface area contributed by atoms with E-state index in [0.717, 1.165) is 8.78 Å². The van der Waals surface area contributed by atoms with Gasteiger partial charge in [0, 0.05) is 15.2 Å². The summed E-state index contributed by atoms with van der Waals surface area (Å²) in [5.41, 5.74) is 0.874. The molecule has 28 heavy (non-hydrogen) atoms. The number of hydrogen-bond donors (Lipinski definition) is 1. The molecular weight excluding hydrogens is 464 g/mol. The Labute approximate surface area is 177 Å². The average molecular weight is 480 g/mol. The Morgan fingerprint density at radius 1 is 0.964 bits per heavy atom. The van der Waals surface area contributed by atoms with E-state index in [1.54, 1.807) is 60.7 Å². The summed E-state index contributed by atoms with van der Waals surface area (Å²) in [6.45, 7) is -0.395. The first kappa shape index (κ1) is 20.4. The minimum atomic E-state index is -3.96. The molecule has 144 valence electrons. The van der Waals surface area contributed by atoms with Crippen LogP contribution in [0.15, 0.2) is 88.2 Å². The molecule has 0 fully saturated rings. The lowest BCUT2D eigenvalue weighted by Gasteiger charge is -2.24. The molecule has 0 aromatic heterocycles. The van der Waals surface area contributed by atoms with Crippen molar-refractivity contribution in [1.82, 2.24) is 0 Å². The van der Waals surface area contributed by atoms with Crippen LogP contribution in [0.5, 0.6) is 0 Å². The second-order valence-corrected chi connectivity index (χ2v) is 9.07. The molecule has 0 bridgehead atoms. The standard InChI is InChI=1S/C20H16BrClN2O3S/c21-15-9-11-17(12-10-15)23-20(25)14-24(18-6-4-5-16(22)13-18)28(26,27)19-7-2-1-3-8-19/h1-13H,14H2,(H,23,25). The highest BCUT2D eigenvalue weighted by Crippen LogP contribution is 2.26. The van der Waals surface area contributed by atoms with Crippen LogP contribution in [0.2, 0.25) is 5.02 Å². The van der Waals surface area contributed by atoms with Crippen molar-refractivity contribution in [3.63, 3.8) is 0 Å². The number of carbonyl (C=O) groups excluding carboxylic acids is 1. The van der Waals surface area contributed by atoms with Crippen LogP contribution in [0, 0.1) is 0 Å². The Morgan fingerprint density at radius 2 is 1.64 bits per heavy atom. The SMILES string of the molecule is O=C(CN(c1cccc(Cl)c1)S(=O)(=O)c1ccccc1)Nc1ccc(Br)cc1. The van der Waals surface area contributed by atoms with Crippen LogP contribution in [0.1, 0.15) is 0 Å². The van der Waals surface area contributed by atoms with E-state index in [1.165, 1.54) is 18.2 Å². The molecule has 0 radical (unpaired) electrons. The minimum Gasteiger partial charge on any atom is -0.325 e. The van der Waals surface area contributed by atoms with E-state index < -0.39 is 22.5 Å². The quantitative estimate of drug-likeness (QED) is 0.545. The molecule has 5 nitrogen and oxygen atoms in total. The Kier molecular flexibility index (Phi) is 6.39. The van der Waals surface area contributed by atoms with Gasteiger partial charge in [-0.25, -0.2) is 8.42 Å². The Hall–Kier alpha value is -2.35. The maximum absolute atomic E-state index is 13.2. The minimum absolute atomic E-state index is 0.0893. The molecule has 0 spiro atoms. The summed E-state index contributed by atoms with van der Waals surface area (Å²) in [7, 11) is -3.96. The van der Waals surface area contributed by atoms with E-state index in [-0.39, 0.29) is 4.90 Å². The number of rotatable bonds is 6. The van der Waals surface area contributed by atoms with Gasteiger partial charge >= 0.3 is 0 Å². The highest BCUT2D eigenvalue weighted by Gasteiger charge is 2.27. The topological polar surface area (TPSA) is 66.5 Å². The third-order valence-electron chi connectivity index (χ3n) is 3.84. The number of nitrogens with one attached hydrogen (secondary N) is 1. The van der Waals surface area contributed by atoms with E-state index in [2.05, 4.69) is 21.2 Å². The van der Waals surface area contributed by atoms with Crippen LogP contribution in [-0.2, 0) is 14.8 Å². The lowest BCUT2D eigenvalue weighted by atomic mass is 10.3. The van der Waals surface area contributed by atoms with Gasteiger partial charge in [0.2, 0.25) is 5.91 Å². The van der Waals surface area contributed by atoms with Gasteiger partial charge in [-0.1, -0.05) is 51.8 Å². The summed E-state index contributed by atoms with van der Waals surface area (Å²) < 4.78 is 28.3. The number of anilines is 2. The zero-order chi connectivity index (χ0) is 20.1. The maximum Gasteiger partial charge on any atom is 0.264 e. The first-order valence-corrected chi connectivity index (χ1v) is 10.9. The smallest absolute Gasteiger partial charge is 0.264 e. The molecule has 0 atom stereocenters. The fourth-order valence-electron chi connectivity index (χ4n) is 2.53. The lowest BCUT2D eigenvalue weighted by Crippen LogP contribution is -2.38. The first-order valence-electron chi connectivity index (χ1n) is 8.25. The normalized spacial score (nSPS) is 11.1. The Morgan fingerprint density at radius 3 is 2.29 bits per heavy atom. The molecule has 0 aliphatic heterocycles. The summed E-state index contributed by atoms with van der Waals surface area (Å²) in [5.74, 6) is -0.471. The lowest BCUT2D eigenvalue weighted by molar-refractivity contribution is -0.114. The van der Waals surface area contributed by atoms with Crippen LogP contribution >= 0.6 is 27.5 Å². The molecule has 0 aliphatic rings. The number of hydrogen-bond acceptors (Lipinski definition) is 3. The molecule has 3 aromatic rings. The number of halogens is 2. The third kappa shape index (κ3) is 4.92. The molecule has 3 aromatic carbocycles. The maximum atomic E-state index is 13.2. The van der Waals surface area contributed by atoms with Gasteiger partial charge in [-0.2, -0.15) is 0 Å². The Bertz CT molecular complexity index is 1070. The summed E-state index contributed by atoms with van der Waals surface area (Å²) in [5, 5.41) is 3.08. The number of amides is 1. The molecule has 3 rings (SSSR count). The van der Waals surface area contributed by atoms with Crippen molar-refractivity contribution < 1.29 is 13.2 Å². The average Bonchev–Trinajstić information content (AvgIpc) is 2.68. The van der Waals surface area contributed by atoms with Gasteiger partial charge in [0.15, 0.2) is 0 Å². The first-order chi connectivity index (χ1) is 13.4. The van der Waals surface area contributed by atoms with Crippen molar-refractivity contribution in [2.24, 2.45) is 0 Å². The second-order valence-electron chi connectivity index (χ2n) is 5.86. The largest absolute Gasteiger partial charge is 0.325 e. The van der Waals surface area contributed by atoms with Crippen LogP contribution in [0.25, 0.3) is 0 Å². The van der Waals surface area contributed by atoms with E-state index in [0.29, 0.717) is 16.4 Å². The number of sulfonamides is 1. The zero-order valence-electron chi connectivity index (χ0n) is 14.5. The summed E-state index contributed by atoms with van der Waals surface area (Å²) in [6.07, 6.45) is 0. The van der Waals surface area contributed by atoms with Crippen LogP contribution in [-0.4, -0.2) is 20.9 Å². The summed E-state index contributed by atoms with van der Waals surface area (Å²) >= 11 is 9.37. The van der Waals surface area contributed by atoms with Crippen molar-refractivity contribution in [1.29, 1.82) is 0 Å². The number of benzene rings is 3. The highest BCUT2D eigenvalue weighted by atomic mass is 79.9. The molecule has 8 heteroatoms. The molecule has 0 saturated heterocycles. The van der Waals surface area contributed by atoms with Crippen LogP contribution in [0.3, 0.4) is 0 Å². The van der Waals surface area contributed by atoms with Crippen molar-refractivity contribution in [2.45, 2.75) is 4.90 Å². The molecular formula is C20H16BrClN2O3S. The fraction of sp³-hybridized carbons (Fsp3) is 0.0500. The van der Waals surface area contributed by atoms with Crippen molar-refractivity contribution >= 4 is 54.8 Å². The summed E-state index contributed by atoms with van der Waals surface area (Å²) in [4.78, 5) is 12.7. The van der Waals surface area contributed by atoms with Crippen molar-refractivity contribution in [2.75, 3.05) is 16.2 Å². The second kappa shape index (κ2) is 8.77. The van der Waals surface area contributed by atoms with Gasteiger partial charge in [0.1, 0.15) is 6.54 Å². The van der Waals surface area contributed by atoms with Crippen LogP contribution < -0.4 is 9.62 Å². The van der Waals surface area contributed by atoms with Crippen molar-refractivity contribution in [3.8, 4) is 0 Å². The molecule has 1 amide bonds. The highest BCUT2D eigenvalue weighted by molar-refractivity contribution is 9.10. The van der Waals surface area contributed by atoms with E-state index in [9.17, 15) is 13.2 Å². The van der Waals surface area contributed by atoms with Crippen molar-refractivity contribution in [3.05, 3.63) is 88.4 Å². The van der Waals surface area contributed by atoms with Gasteiger partial charge in [-0.15, -0.1) is 0 Å². The van der Waals surface area contributed by atoms with Gasteiger partial charge in [0.05, 0.1) is 10.6 Å². The fourth-order valence-corrected chi connectivity index (χ4v) is 4.41. The number of nitrogens with zero attached hydrogens (tertiary/aromatic N) is 1. The zero-order valence-corrected chi connectivity index (χ0v) is 17.7. The van der Waals surface area contributed by atoms with E-state index in [1.807, 2.05) is 0 Å². The number of carbonyl (C=O) groups is 1. The van der Waals surface area contributed by atoms with Gasteiger partial charge in [-0.3, -0.25) is 9.10 Å². The predicted molar refractivity (Wildman–Crippen MR) is 115 cm³/mol. The monoisotopic (exact) mass is 478 g/mol. The molecule has 0 heterocycles. The third-order valence-corrected chi connectivity index (χ3v) is 6.39.